The summed E-state index contributed by atoms with van der Waals surface area (Å²) in [7, 11) is 1.22. The average molecular weight is 369 g/mol. The third kappa shape index (κ3) is 4.00. The van der Waals surface area contributed by atoms with Gasteiger partial charge in [-0.05, 0) is 12.5 Å². The van der Waals surface area contributed by atoms with Gasteiger partial charge in [-0.25, -0.2) is 14.6 Å². The minimum absolute atomic E-state index is 0.143. The van der Waals surface area contributed by atoms with Gasteiger partial charge in [-0.2, -0.15) is 0 Å². The van der Waals surface area contributed by atoms with Crippen molar-refractivity contribution < 1.29 is 23.8 Å². The van der Waals surface area contributed by atoms with Crippen LogP contribution in [0.25, 0.3) is 0 Å². The molecule has 0 saturated carbocycles. The predicted molar refractivity (Wildman–Crippen MR) is 94.9 cm³/mol. The van der Waals surface area contributed by atoms with E-state index in [1.807, 2.05) is 37.3 Å². The fourth-order valence-corrected chi connectivity index (χ4v) is 2.62. The van der Waals surface area contributed by atoms with Gasteiger partial charge >= 0.3 is 11.9 Å². The maximum Gasteiger partial charge on any atom is 0.369 e. The van der Waals surface area contributed by atoms with E-state index in [9.17, 15) is 9.59 Å². The van der Waals surface area contributed by atoms with Crippen LogP contribution in [0.15, 0.2) is 67.8 Å². The molecule has 1 aliphatic heterocycles. The van der Waals surface area contributed by atoms with E-state index in [1.165, 1.54) is 43.1 Å². The van der Waals surface area contributed by atoms with Crippen molar-refractivity contribution in [2.45, 2.75) is 19.2 Å². The molecule has 27 heavy (non-hydrogen) atoms. The Bertz CT molecular complexity index is 847. The molecule has 1 aliphatic rings. The number of aromatic nitrogens is 2. The Morgan fingerprint density at radius 1 is 1.15 bits per heavy atom. The number of imidazole rings is 1. The molecule has 1 aromatic carbocycles. The summed E-state index contributed by atoms with van der Waals surface area (Å²) in [6.45, 7) is 1.94. The molecular weight excluding hydrogens is 350 g/mol. The van der Waals surface area contributed by atoms with E-state index in [0.717, 1.165) is 5.56 Å². The zero-order valence-corrected chi connectivity index (χ0v) is 14.9. The summed E-state index contributed by atoms with van der Waals surface area (Å²) in [5.74, 6) is -1.42. The Morgan fingerprint density at radius 3 is 2.52 bits per heavy atom. The number of hydrogen-bond donors (Lipinski definition) is 0. The Balaban J connectivity index is 1.82. The lowest BCUT2D eigenvalue weighted by Crippen LogP contribution is -2.40. The number of esters is 2. The first-order valence-electron chi connectivity index (χ1n) is 8.23. The van der Waals surface area contributed by atoms with Gasteiger partial charge in [0.15, 0.2) is 0 Å². The zero-order chi connectivity index (χ0) is 19.2. The van der Waals surface area contributed by atoms with Crippen LogP contribution in [-0.2, 0) is 19.0 Å². The highest BCUT2D eigenvalue weighted by Crippen LogP contribution is 2.21. The topological polar surface area (TPSA) is 82.9 Å². The maximum atomic E-state index is 12.7. The van der Waals surface area contributed by atoms with E-state index >= 15 is 0 Å². The first-order chi connectivity index (χ1) is 13.1. The molecule has 0 N–H and O–H groups in total. The SMILES string of the molecule is COC(=O)C(OC(=O)c1cncn1[C@H](C)c1ccccc1)N1C=COC=C1. The van der Waals surface area contributed by atoms with Crippen molar-refractivity contribution in [3.8, 4) is 0 Å². The maximum absolute atomic E-state index is 12.7. The number of carbonyl (C=O) groups is 2. The summed E-state index contributed by atoms with van der Waals surface area (Å²) in [6.07, 6.45) is 7.29. The number of carbonyl (C=O) groups excluding carboxylic acids is 2. The summed E-state index contributed by atoms with van der Waals surface area (Å²) >= 11 is 0. The second-order valence-corrected chi connectivity index (χ2v) is 5.71. The van der Waals surface area contributed by atoms with Gasteiger partial charge in [0.05, 0.1) is 25.7 Å². The molecule has 3 rings (SSSR count). The van der Waals surface area contributed by atoms with Crippen LogP contribution in [0.3, 0.4) is 0 Å². The van der Waals surface area contributed by atoms with Crippen LogP contribution in [0.2, 0.25) is 0 Å². The van der Waals surface area contributed by atoms with Crippen molar-refractivity contribution in [3.63, 3.8) is 0 Å². The number of ether oxygens (including phenoxy) is 3. The third-order valence-electron chi connectivity index (χ3n) is 4.09. The molecule has 140 valence electrons. The lowest BCUT2D eigenvalue weighted by Gasteiger charge is -2.26. The first kappa shape index (κ1) is 18.2. The van der Waals surface area contributed by atoms with Crippen molar-refractivity contribution in [2.75, 3.05) is 7.11 Å². The summed E-state index contributed by atoms with van der Waals surface area (Å²) in [6, 6.07) is 9.54. The van der Waals surface area contributed by atoms with E-state index in [2.05, 4.69) is 4.98 Å². The predicted octanol–water partition coefficient (Wildman–Crippen LogP) is 2.42. The molecule has 1 unspecified atom stereocenters. The van der Waals surface area contributed by atoms with Crippen LogP contribution < -0.4 is 0 Å². The highest BCUT2D eigenvalue weighted by molar-refractivity contribution is 5.89. The van der Waals surface area contributed by atoms with Crippen LogP contribution >= 0.6 is 0 Å². The summed E-state index contributed by atoms with van der Waals surface area (Å²) < 4.78 is 16.8. The minimum atomic E-state index is -1.28. The van der Waals surface area contributed by atoms with E-state index in [4.69, 9.17) is 14.2 Å². The van der Waals surface area contributed by atoms with Gasteiger partial charge < -0.3 is 23.7 Å². The Morgan fingerprint density at radius 2 is 1.85 bits per heavy atom. The quantitative estimate of drug-likeness (QED) is 0.723. The summed E-state index contributed by atoms with van der Waals surface area (Å²) in [5.41, 5.74) is 1.23. The van der Waals surface area contributed by atoms with E-state index in [1.54, 1.807) is 10.9 Å². The Kier molecular flexibility index (Phi) is 5.55. The monoisotopic (exact) mass is 369 g/mol. The van der Waals surface area contributed by atoms with Crippen LogP contribution in [0.5, 0.6) is 0 Å². The lowest BCUT2D eigenvalue weighted by atomic mass is 10.1. The van der Waals surface area contributed by atoms with Crippen molar-refractivity contribution in [1.82, 2.24) is 14.5 Å². The minimum Gasteiger partial charge on any atom is -0.470 e. The third-order valence-corrected chi connectivity index (χ3v) is 4.09. The molecule has 0 fully saturated rings. The van der Waals surface area contributed by atoms with Crippen molar-refractivity contribution >= 4 is 11.9 Å². The van der Waals surface area contributed by atoms with Crippen LogP contribution in [0, 0.1) is 0 Å². The number of nitrogens with zero attached hydrogens (tertiary/aromatic N) is 3. The van der Waals surface area contributed by atoms with Gasteiger partial charge in [-0.15, -0.1) is 0 Å². The first-order valence-corrected chi connectivity index (χ1v) is 8.23. The molecule has 0 saturated heterocycles. The van der Waals surface area contributed by atoms with Crippen LogP contribution in [0.4, 0.5) is 0 Å². The van der Waals surface area contributed by atoms with Gasteiger partial charge in [0.2, 0.25) is 0 Å². The molecule has 0 amide bonds. The van der Waals surface area contributed by atoms with Gasteiger partial charge in [0.1, 0.15) is 18.2 Å². The fraction of sp³-hybridized carbons (Fsp3) is 0.211. The highest BCUT2D eigenvalue weighted by atomic mass is 16.6. The van der Waals surface area contributed by atoms with E-state index in [0.29, 0.717) is 0 Å². The molecule has 8 nitrogen and oxygen atoms in total. The normalized spacial score (nSPS) is 15.0. The molecule has 2 heterocycles. The van der Waals surface area contributed by atoms with Gasteiger partial charge in [0.25, 0.3) is 6.23 Å². The van der Waals surface area contributed by atoms with Crippen molar-refractivity contribution in [3.05, 3.63) is 79.0 Å². The molecule has 1 aromatic heterocycles. The molecule has 0 radical (unpaired) electrons. The smallest absolute Gasteiger partial charge is 0.369 e. The van der Waals surface area contributed by atoms with E-state index < -0.39 is 18.2 Å². The fourth-order valence-electron chi connectivity index (χ4n) is 2.62. The second-order valence-electron chi connectivity index (χ2n) is 5.71. The largest absolute Gasteiger partial charge is 0.470 e. The summed E-state index contributed by atoms with van der Waals surface area (Å²) in [5, 5.41) is 0. The number of hydrogen-bond acceptors (Lipinski definition) is 7. The molecular formula is C19H19N3O5. The second kappa shape index (κ2) is 8.22. The Labute approximate surface area is 156 Å². The van der Waals surface area contributed by atoms with E-state index in [-0.39, 0.29) is 11.7 Å². The van der Waals surface area contributed by atoms with Gasteiger partial charge in [0, 0.05) is 12.4 Å². The molecule has 2 aromatic rings. The van der Waals surface area contributed by atoms with Gasteiger partial charge in [-0.3, -0.25) is 0 Å². The lowest BCUT2D eigenvalue weighted by molar-refractivity contribution is -0.157. The van der Waals surface area contributed by atoms with Crippen LogP contribution in [0.1, 0.15) is 29.0 Å². The molecule has 2 atom stereocenters. The average Bonchev–Trinajstić information content (AvgIpc) is 3.22. The molecule has 0 bridgehead atoms. The number of benzene rings is 1. The number of rotatable bonds is 6. The van der Waals surface area contributed by atoms with Crippen molar-refractivity contribution in [2.24, 2.45) is 0 Å². The standard InChI is InChI=1S/C19H19N3O5/c1-14(15-6-4-3-5-7-15)22-13-20-12-16(22)18(23)27-17(19(24)25-2)21-8-10-26-11-9-21/h3-14,17H,1-2H3/t14-,17?/m1/s1. The summed E-state index contributed by atoms with van der Waals surface area (Å²) in [4.78, 5) is 30.3. The molecule has 8 heteroatoms. The molecule has 0 aliphatic carbocycles. The van der Waals surface area contributed by atoms with Crippen LogP contribution in [-0.4, -0.2) is 39.7 Å². The highest BCUT2D eigenvalue weighted by Gasteiger charge is 2.31. The molecule has 0 spiro atoms. The Hall–Kier alpha value is -3.55. The zero-order valence-electron chi connectivity index (χ0n) is 14.9. The van der Waals surface area contributed by atoms with Crippen molar-refractivity contribution in [1.29, 1.82) is 0 Å². The van der Waals surface area contributed by atoms with Gasteiger partial charge in [-0.1, -0.05) is 30.3 Å². The number of methoxy groups -OCH3 is 1.